The lowest BCUT2D eigenvalue weighted by Gasteiger charge is -2.12. The van der Waals surface area contributed by atoms with Crippen LogP contribution in [0.4, 0.5) is 0 Å². The summed E-state index contributed by atoms with van der Waals surface area (Å²) in [5.41, 5.74) is 6.50. The van der Waals surface area contributed by atoms with Crippen molar-refractivity contribution in [1.29, 1.82) is 0 Å². The molecule has 1 aromatic heterocycles. The number of rotatable bonds is 5. The summed E-state index contributed by atoms with van der Waals surface area (Å²) in [6.45, 7) is 4.06. The summed E-state index contributed by atoms with van der Waals surface area (Å²) in [7, 11) is 0. The molecule has 17 heavy (non-hydrogen) atoms. The minimum absolute atomic E-state index is 0.157. The van der Waals surface area contributed by atoms with E-state index in [1.165, 1.54) is 6.20 Å². The minimum Gasteiger partial charge on any atom is -0.389 e. The van der Waals surface area contributed by atoms with Crippen LogP contribution in [0.15, 0.2) is 18.3 Å². The Labute approximate surface area is 107 Å². The maximum Gasteiger partial charge on any atom is 0.270 e. The third kappa shape index (κ3) is 4.11. The van der Waals surface area contributed by atoms with Crippen molar-refractivity contribution >= 4 is 23.1 Å². The van der Waals surface area contributed by atoms with Gasteiger partial charge in [0, 0.05) is 17.8 Å². The van der Waals surface area contributed by atoms with Crippen molar-refractivity contribution in [2.24, 2.45) is 5.73 Å². The van der Waals surface area contributed by atoms with Crippen LogP contribution in [0, 0.1) is 0 Å². The number of carbonyl (C=O) groups excluding carboxylic acids is 1. The Balaban J connectivity index is 2.66. The van der Waals surface area contributed by atoms with Crippen molar-refractivity contribution in [3.8, 4) is 0 Å². The monoisotopic (exact) mass is 251 g/mol. The van der Waals surface area contributed by atoms with E-state index < -0.39 is 0 Å². The smallest absolute Gasteiger partial charge is 0.270 e. The van der Waals surface area contributed by atoms with Crippen LogP contribution in [-0.2, 0) is 0 Å². The Morgan fingerprint density at radius 1 is 1.59 bits per heavy atom. The van der Waals surface area contributed by atoms with Gasteiger partial charge in [-0.2, -0.15) is 0 Å². The quantitative estimate of drug-likeness (QED) is 0.781. The molecule has 0 aliphatic heterocycles. The van der Waals surface area contributed by atoms with Gasteiger partial charge in [-0.1, -0.05) is 25.6 Å². The van der Waals surface area contributed by atoms with Gasteiger partial charge in [-0.3, -0.25) is 9.78 Å². The zero-order valence-corrected chi connectivity index (χ0v) is 10.9. The van der Waals surface area contributed by atoms with Gasteiger partial charge in [-0.05, 0) is 25.5 Å². The summed E-state index contributed by atoms with van der Waals surface area (Å²) >= 11 is 4.81. The molecule has 1 atom stereocenters. The third-order valence-corrected chi connectivity index (χ3v) is 2.62. The fourth-order valence-corrected chi connectivity index (χ4v) is 1.60. The predicted molar refractivity (Wildman–Crippen MR) is 72.0 cm³/mol. The lowest BCUT2D eigenvalue weighted by molar-refractivity contribution is 0.0933. The third-order valence-electron chi connectivity index (χ3n) is 2.38. The van der Waals surface area contributed by atoms with Crippen LogP contribution in [0.3, 0.4) is 0 Å². The first-order valence-electron chi connectivity index (χ1n) is 5.61. The highest BCUT2D eigenvalue weighted by molar-refractivity contribution is 7.80. The van der Waals surface area contributed by atoms with Gasteiger partial charge in [0.05, 0.1) is 0 Å². The standard InChI is InChI=1S/C12H17N3OS/c1-3-4-8(2)15-12(16)10-6-5-9(7-14-10)11(13)17/h5-8H,3-4H2,1-2H3,(H2,13,17)(H,15,16). The highest BCUT2D eigenvalue weighted by Gasteiger charge is 2.10. The minimum atomic E-state index is -0.166. The lowest BCUT2D eigenvalue weighted by atomic mass is 10.2. The number of pyridine rings is 1. The molecule has 1 unspecified atom stereocenters. The molecule has 0 saturated heterocycles. The zero-order valence-electron chi connectivity index (χ0n) is 10.1. The molecule has 1 heterocycles. The number of thiocarbonyl (C=S) groups is 1. The molecular weight excluding hydrogens is 234 g/mol. The number of carbonyl (C=O) groups is 1. The number of hydrogen-bond donors (Lipinski definition) is 2. The Morgan fingerprint density at radius 2 is 2.29 bits per heavy atom. The van der Waals surface area contributed by atoms with Crippen molar-refractivity contribution < 1.29 is 4.79 Å². The summed E-state index contributed by atoms with van der Waals surface area (Å²) in [6.07, 6.45) is 3.51. The molecule has 4 nitrogen and oxygen atoms in total. The maximum absolute atomic E-state index is 11.8. The second-order valence-corrected chi connectivity index (χ2v) is 4.40. The van der Waals surface area contributed by atoms with E-state index in [1.54, 1.807) is 12.1 Å². The zero-order chi connectivity index (χ0) is 12.8. The molecule has 0 fully saturated rings. The molecule has 0 aliphatic rings. The first kappa shape index (κ1) is 13.6. The fourth-order valence-electron chi connectivity index (χ4n) is 1.48. The van der Waals surface area contributed by atoms with E-state index in [4.69, 9.17) is 18.0 Å². The molecule has 0 saturated carbocycles. The Morgan fingerprint density at radius 3 is 2.76 bits per heavy atom. The molecule has 1 aromatic rings. The fraction of sp³-hybridized carbons (Fsp3) is 0.417. The van der Waals surface area contributed by atoms with Gasteiger partial charge < -0.3 is 11.1 Å². The van der Waals surface area contributed by atoms with Gasteiger partial charge in [0.1, 0.15) is 10.7 Å². The highest BCUT2D eigenvalue weighted by Crippen LogP contribution is 2.02. The Kier molecular flexibility index (Phi) is 5.03. The Bertz CT molecular complexity index is 403. The maximum atomic E-state index is 11.8. The van der Waals surface area contributed by atoms with Gasteiger partial charge >= 0.3 is 0 Å². The molecule has 0 aromatic carbocycles. The summed E-state index contributed by atoms with van der Waals surface area (Å²) in [5.74, 6) is -0.166. The molecule has 5 heteroatoms. The van der Waals surface area contributed by atoms with Crippen molar-refractivity contribution in [3.63, 3.8) is 0 Å². The summed E-state index contributed by atoms with van der Waals surface area (Å²) in [5, 5.41) is 2.88. The van der Waals surface area contributed by atoms with Crippen LogP contribution in [0.1, 0.15) is 42.7 Å². The molecular formula is C12H17N3OS. The summed E-state index contributed by atoms with van der Waals surface area (Å²) < 4.78 is 0. The van der Waals surface area contributed by atoms with E-state index in [-0.39, 0.29) is 16.9 Å². The van der Waals surface area contributed by atoms with E-state index in [9.17, 15) is 4.79 Å². The molecule has 1 rings (SSSR count). The normalized spacial score (nSPS) is 11.9. The van der Waals surface area contributed by atoms with Gasteiger partial charge in [0.25, 0.3) is 5.91 Å². The van der Waals surface area contributed by atoms with Crippen LogP contribution < -0.4 is 11.1 Å². The van der Waals surface area contributed by atoms with Gasteiger partial charge in [0.15, 0.2) is 0 Å². The first-order valence-corrected chi connectivity index (χ1v) is 6.02. The molecule has 92 valence electrons. The molecule has 0 aliphatic carbocycles. The van der Waals surface area contributed by atoms with E-state index in [2.05, 4.69) is 17.2 Å². The van der Waals surface area contributed by atoms with Crippen LogP contribution in [0.2, 0.25) is 0 Å². The number of nitrogens with one attached hydrogen (secondary N) is 1. The highest BCUT2D eigenvalue weighted by atomic mass is 32.1. The number of hydrogen-bond acceptors (Lipinski definition) is 3. The second kappa shape index (κ2) is 6.30. The first-order chi connectivity index (χ1) is 8.04. The second-order valence-electron chi connectivity index (χ2n) is 3.96. The van der Waals surface area contributed by atoms with Gasteiger partial charge in [0.2, 0.25) is 0 Å². The van der Waals surface area contributed by atoms with E-state index in [0.717, 1.165) is 12.8 Å². The molecule has 0 spiro atoms. The van der Waals surface area contributed by atoms with E-state index in [1.807, 2.05) is 6.92 Å². The van der Waals surface area contributed by atoms with Crippen LogP contribution >= 0.6 is 12.2 Å². The van der Waals surface area contributed by atoms with E-state index in [0.29, 0.717) is 11.3 Å². The molecule has 0 bridgehead atoms. The van der Waals surface area contributed by atoms with Crippen molar-refractivity contribution in [3.05, 3.63) is 29.6 Å². The molecule has 3 N–H and O–H groups in total. The van der Waals surface area contributed by atoms with Gasteiger partial charge in [-0.25, -0.2) is 0 Å². The van der Waals surface area contributed by atoms with E-state index >= 15 is 0 Å². The van der Waals surface area contributed by atoms with Crippen molar-refractivity contribution in [2.45, 2.75) is 32.7 Å². The summed E-state index contributed by atoms with van der Waals surface area (Å²) in [6, 6.07) is 3.49. The van der Waals surface area contributed by atoms with Gasteiger partial charge in [-0.15, -0.1) is 0 Å². The molecule has 1 amide bonds. The summed E-state index contributed by atoms with van der Waals surface area (Å²) in [4.78, 5) is 16.1. The lowest BCUT2D eigenvalue weighted by Crippen LogP contribution is -2.33. The Hall–Kier alpha value is -1.49. The van der Waals surface area contributed by atoms with Crippen LogP contribution in [0.25, 0.3) is 0 Å². The van der Waals surface area contributed by atoms with Crippen molar-refractivity contribution in [1.82, 2.24) is 10.3 Å². The van der Waals surface area contributed by atoms with Crippen molar-refractivity contribution in [2.75, 3.05) is 0 Å². The number of nitrogens with two attached hydrogens (primary N) is 1. The molecule has 0 radical (unpaired) electrons. The average Bonchev–Trinajstić information content (AvgIpc) is 2.29. The average molecular weight is 251 g/mol. The SMILES string of the molecule is CCCC(C)NC(=O)c1ccc(C(N)=S)cn1. The number of amides is 1. The van der Waals surface area contributed by atoms with Crippen LogP contribution in [0.5, 0.6) is 0 Å². The number of nitrogens with zero attached hydrogens (tertiary/aromatic N) is 1. The van der Waals surface area contributed by atoms with Crippen LogP contribution in [-0.4, -0.2) is 21.9 Å². The predicted octanol–water partition coefficient (Wildman–Crippen LogP) is 1.63. The number of aromatic nitrogens is 1. The largest absolute Gasteiger partial charge is 0.389 e. The topological polar surface area (TPSA) is 68.0 Å².